The molecule has 0 bridgehead atoms. The quantitative estimate of drug-likeness (QED) is 0.905. The summed E-state index contributed by atoms with van der Waals surface area (Å²) in [4.78, 5) is 5.55. The number of pyridine rings is 1. The Balaban J connectivity index is 2.18. The molecule has 1 unspecified atom stereocenters. The van der Waals surface area contributed by atoms with Gasteiger partial charge in [-0.3, -0.25) is 0 Å². The molecule has 20 heavy (non-hydrogen) atoms. The number of alkyl halides is 3. The first-order chi connectivity index (χ1) is 9.38. The summed E-state index contributed by atoms with van der Waals surface area (Å²) in [7, 11) is 1.67. The van der Waals surface area contributed by atoms with Gasteiger partial charge in [-0.05, 0) is 53.8 Å². The highest BCUT2D eigenvalue weighted by Crippen LogP contribution is 2.36. The van der Waals surface area contributed by atoms with Crippen molar-refractivity contribution in [2.75, 3.05) is 31.6 Å². The second-order valence-electron chi connectivity index (χ2n) is 5.12. The minimum absolute atomic E-state index is 0.00808. The highest BCUT2D eigenvalue weighted by molar-refractivity contribution is 9.10. The normalized spacial score (nSPS) is 19.9. The molecule has 1 fully saturated rings. The van der Waals surface area contributed by atoms with Gasteiger partial charge >= 0.3 is 6.18 Å². The molecule has 1 saturated heterocycles. The summed E-state index contributed by atoms with van der Waals surface area (Å²) < 4.78 is 39.5. The van der Waals surface area contributed by atoms with Crippen LogP contribution in [0.3, 0.4) is 0 Å². The minimum Gasteiger partial charge on any atom is -0.359 e. The number of anilines is 1. The SMILES string of the molecule is CN(CC1CCCNC1)c1ncc(Br)cc1C(F)(F)F. The van der Waals surface area contributed by atoms with Gasteiger partial charge in [0.25, 0.3) is 0 Å². The van der Waals surface area contributed by atoms with Crippen molar-refractivity contribution < 1.29 is 13.2 Å². The Morgan fingerprint density at radius 2 is 2.25 bits per heavy atom. The van der Waals surface area contributed by atoms with Crippen LogP contribution in [-0.2, 0) is 6.18 Å². The average Bonchev–Trinajstić information content (AvgIpc) is 2.38. The van der Waals surface area contributed by atoms with E-state index in [0.29, 0.717) is 16.9 Å². The predicted molar refractivity (Wildman–Crippen MR) is 75.8 cm³/mol. The minimum atomic E-state index is -4.40. The Labute approximate surface area is 124 Å². The monoisotopic (exact) mass is 351 g/mol. The molecule has 1 N–H and O–H groups in total. The maximum atomic E-state index is 13.1. The Hall–Kier alpha value is -0.820. The van der Waals surface area contributed by atoms with Crippen molar-refractivity contribution in [3.8, 4) is 0 Å². The molecule has 0 amide bonds. The fourth-order valence-electron chi connectivity index (χ4n) is 2.50. The Bertz CT molecular complexity index is 459. The van der Waals surface area contributed by atoms with Crippen LogP contribution in [0.5, 0.6) is 0 Å². The van der Waals surface area contributed by atoms with E-state index in [1.807, 2.05) is 0 Å². The lowest BCUT2D eigenvalue weighted by Gasteiger charge is -2.29. The third-order valence-electron chi connectivity index (χ3n) is 3.43. The molecule has 112 valence electrons. The molecular weight excluding hydrogens is 335 g/mol. The lowest BCUT2D eigenvalue weighted by Crippen LogP contribution is -2.37. The molecule has 2 heterocycles. The van der Waals surface area contributed by atoms with Gasteiger partial charge in [-0.15, -0.1) is 0 Å². The summed E-state index contributed by atoms with van der Waals surface area (Å²) in [5.41, 5.74) is -0.696. The van der Waals surface area contributed by atoms with Crippen LogP contribution in [0.15, 0.2) is 16.7 Å². The molecule has 0 radical (unpaired) electrons. The smallest absolute Gasteiger partial charge is 0.359 e. The van der Waals surface area contributed by atoms with E-state index in [1.54, 1.807) is 11.9 Å². The van der Waals surface area contributed by atoms with Crippen LogP contribution in [0.1, 0.15) is 18.4 Å². The Morgan fingerprint density at radius 1 is 1.50 bits per heavy atom. The van der Waals surface area contributed by atoms with Crippen LogP contribution in [0.4, 0.5) is 19.0 Å². The molecule has 3 nitrogen and oxygen atoms in total. The highest BCUT2D eigenvalue weighted by Gasteiger charge is 2.36. The number of hydrogen-bond donors (Lipinski definition) is 1. The van der Waals surface area contributed by atoms with Gasteiger partial charge in [-0.1, -0.05) is 0 Å². The van der Waals surface area contributed by atoms with Crippen molar-refractivity contribution >= 4 is 21.7 Å². The topological polar surface area (TPSA) is 28.2 Å². The zero-order valence-electron chi connectivity index (χ0n) is 11.2. The molecule has 0 spiro atoms. The summed E-state index contributed by atoms with van der Waals surface area (Å²) in [6, 6.07) is 1.08. The number of hydrogen-bond acceptors (Lipinski definition) is 3. The number of piperidine rings is 1. The van der Waals surface area contributed by atoms with Gasteiger partial charge < -0.3 is 10.2 Å². The Morgan fingerprint density at radius 3 is 2.85 bits per heavy atom. The van der Waals surface area contributed by atoms with E-state index in [-0.39, 0.29) is 5.82 Å². The summed E-state index contributed by atoms with van der Waals surface area (Å²) in [5, 5.41) is 3.27. The van der Waals surface area contributed by atoms with E-state index in [2.05, 4.69) is 26.2 Å². The van der Waals surface area contributed by atoms with Crippen LogP contribution in [0.2, 0.25) is 0 Å². The van der Waals surface area contributed by atoms with Crippen LogP contribution in [-0.4, -0.2) is 31.7 Å². The molecule has 2 rings (SSSR count). The van der Waals surface area contributed by atoms with Crippen molar-refractivity contribution in [2.45, 2.75) is 19.0 Å². The van der Waals surface area contributed by atoms with E-state index in [9.17, 15) is 13.2 Å². The summed E-state index contributed by atoms with van der Waals surface area (Å²) in [6.45, 7) is 2.41. The average molecular weight is 352 g/mol. The van der Waals surface area contributed by atoms with Gasteiger partial charge in [-0.25, -0.2) is 4.98 Å². The van der Waals surface area contributed by atoms with E-state index in [1.165, 1.54) is 6.20 Å². The van der Waals surface area contributed by atoms with Crippen LogP contribution >= 0.6 is 15.9 Å². The van der Waals surface area contributed by atoms with Crippen LogP contribution in [0, 0.1) is 5.92 Å². The zero-order chi connectivity index (χ0) is 14.8. The number of aromatic nitrogens is 1. The maximum absolute atomic E-state index is 13.1. The second kappa shape index (κ2) is 6.30. The van der Waals surface area contributed by atoms with Crippen LogP contribution in [0.25, 0.3) is 0 Å². The van der Waals surface area contributed by atoms with Gasteiger partial charge in [0, 0.05) is 24.3 Å². The largest absolute Gasteiger partial charge is 0.419 e. The van der Waals surface area contributed by atoms with Gasteiger partial charge in [0.05, 0.1) is 5.56 Å². The van der Waals surface area contributed by atoms with Crippen molar-refractivity contribution in [3.05, 3.63) is 22.3 Å². The Kier molecular flexibility index (Phi) is 4.90. The third kappa shape index (κ3) is 3.85. The number of halogens is 4. The molecule has 1 atom stereocenters. The molecule has 1 aromatic rings. The number of nitrogens with zero attached hydrogens (tertiary/aromatic N) is 2. The van der Waals surface area contributed by atoms with E-state index >= 15 is 0 Å². The fraction of sp³-hybridized carbons (Fsp3) is 0.615. The predicted octanol–water partition coefficient (Wildman–Crippen LogP) is 3.30. The van der Waals surface area contributed by atoms with E-state index in [0.717, 1.165) is 32.0 Å². The number of rotatable bonds is 3. The van der Waals surface area contributed by atoms with Crippen LogP contribution < -0.4 is 10.2 Å². The molecular formula is C13H17BrF3N3. The lowest BCUT2D eigenvalue weighted by atomic mass is 9.99. The highest BCUT2D eigenvalue weighted by atomic mass is 79.9. The van der Waals surface area contributed by atoms with Gasteiger partial charge in [-0.2, -0.15) is 13.2 Å². The summed E-state index contributed by atoms with van der Waals surface area (Å²) >= 11 is 3.05. The van der Waals surface area contributed by atoms with Crippen molar-refractivity contribution in [3.63, 3.8) is 0 Å². The first-order valence-corrected chi connectivity index (χ1v) is 7.32. The molecule has 0 saturated carbocycles. The first-order valence-electron chi connectivity index (χ1n) is 6.52. The van der Waals surface area contributed by atoms with Crippen molar-refractivity contribution in [1.29, 1.82) is 0 Å². The lowest BCUT2D eigenvalue weighted by molar-refractivity contribution is -0.137. The maximum Gasteiger partial charge on any atom is 0.419 e. The van der Waals surface area contributed by atoms with Crippen molar-refractivity contribution in [2.24, 2.45) is 5.92 Å². The number of nitrogens with one attached hydrogen (secondary N) is 1. The molecule has 1 aliphatic heterocycles. The van der Waals surface area contributed by atoms with Gasteiger partial charge in [0.1, 0.15) is 5.82 Å². The van der Waals surface area contributed by atoms with Gasteiger partial charge in [0.2, 0.25) is 0 Å². The van der Waals surface area contributed by atoms with Gasteiger partial charge in [0.15, 0.2) is 0 Å². The molecule has 1 aromatic heterocycles. The standard InChI is InChI=1S/C13H17BrF3N3/c1-20(8-9-3-2-4-18-6-9)12-11(13(15,16)17)5-10(14)7-19-12/h5,7,9,18H,2-4,6,8H2,1H3. The second-order valence-corrected chi connectivity index (χ2v) is 6.03. The molecule has 7 heteroatoms. The van der Waals surface area contributed by atoms with Crippen molar-refractivity contribution in [1.82, 2.24) is 10.3 Å². The third-order valence-corrected chi connectivity index (χ3v) is 3.86. The summed E-state index contributed by atoms with van der Waals surface area (Å²) in [6.07, 6.45) is -0.890. The molecule has 0 aliphatic carbocycles. The first kappa shape index (κ1) is 15.6. The zero-order valence-corrected chi connectivity index (χ0v) is 12.8. The van der Waals surface area contributed by atoms with E-state index < -0.39 is 11.7 Å². The van der Waals surface area contributed by atoms with E-state index in [4.69, 9.17) is 0 Å². The molecule has 0 aromatic carbocycles. The summed E-state index contributed by atoms with van der Waals surface area (Å²) in [5.74, 6) is 0.353. The fourth-order valence-corrected chi connectivity index (χ4v) is 2.83. The molecule has 1 aliphatic rings.